The van der Waals surface area contributed by atoms with Gasteiger partial charge in [0.05, 0.1) is 10.0 Å². The Morgan fingerprint density at radius 3 is 2.57 bits per heavy atom. The average Bonchev–Trinajstić information content (AvgIpc) is 3.09. The van der Waals surface area contributed by atoms with Crippen molar-refractivity contribution in [3.8, 4) is 0 Å². The summed E-state index contributed by atoms with van der Waals surface area (Å²) in [7, 11) is -1.36. The minimum atomic E-state index is -1.36. The van der Waals surface area contributed by atoms with Gasteiger partial charge in [0.25, 0.3) is 0 Å². The van der Waals surface area contributed by atoms with E-state index in [0.29, 0.717) is 42.1 Å². The maximum atomic E-state index is 11.7. The van der Waals surface area contributed by atoms with E-state index in [4.69, 9.17) is 39.0 Å². The highest BCUT2D eigenvalue weighted by molar-refractivity contribution is 6.42. The van der Waals surface area contributed by atoms with Crippen LogP contribution in [-0.2, 0) is 4.79 Å². The van der Waals surface area contributed by atoms with Gasteiger partial charge in [-0.2, -0.15) is 0 Å². The predicted octanol–water partition coefficient (Wildman–Crippen LogP) is 3.34. The first-order valence-electron chi connectivity index (χ1n) is 9.80. The van der Waals surface area contributed by atoms with E-state index in [1.807, 2.05) is 18.2 Å². The third kappa shape index (κ3) is 6.61. The number of carbonyl (C=O) groups is 1. The Hall–Kier alpha value is -0.825. The van der Waals surface area contributed by atoms with Gasteiger partial charge in [0.15, 0.2) is 0 Å². The maximum absolute atomic E-state index is 11.7. The number of nitrogens with two attached hydrogens (primary N) is 1. The summed E-state index contributed by atoms with van der Waals surface area (Å²) in [5.41, 5.74) is 6.00. The molecule has 2 rings (SSSR count). The molecule has 1 aliphatic rings. The largest absolute Gasteiger partial charge is 0.480 e. The van der Waals surface area contributed by atoms with E-state index in [9.17, 15) is 9.90 Å². The van der Waals surface area contributed by atoms with E-state index in [1.54, 1.807) is 0 Å². The van der Waals surface area contributed by atoms with Gasteiger partial charge in [0.2, 0.25) is 0 Å². The topological polar surface area (TPSA) is 107 Å². The summed E-state index contributed by atoms with van der Waals surface area (Å²) >= 11 is 12.2. The monoisotopic (exact) mass is 430 g/mol. The second kappa shape index (κ2) is 10.8. The molecular weight excluding hydrogens is 402 g/mol. The number of halogens is 2. The summed E-state index contributed by atoms with van der Waals surface area (Å²) in [4.78, 5) is 14.0. The molecule has 156 valence electrons. The molecule has 0 amide bonds. The first kappa shape index (κ1) is 23.5. The zero-order valence-electron chi connectivity index (χ0n) is 16.0. The molecule has 1 saturated heterocycles. The maximum Gasteiger partial charge on any atom is 0.451 e. The fourth-order valence-corrected chi connectivity index (χ4v) is 4.20. The zero-order valence-corrected chi connectivity index (χ0v) is 17.5. The number of carboxylic acids is 1. The van der Waals surface area contributed by atoms with Crippen molar-refractivity contribution >= 4 is 36.3 Å². The number of aliphatic carboxylic acids is 1. The molecule has 1 fully saturated rings. The summed E-state index contributed by atoms with van der Waals surface area (Å²) in [6.45, 7) is 1.73. The number of carboxylic acid groups (broad SMARTS) is 1. The highest BCUT2D eigenvalue weighted by Crippen LogP contribution is 2.35. The molecular formula is C19H29BCl2N2O4. The van der Waals surface area contributed by atoms with Crippen molar-refractivity contribution in [1.82, 2.24) is 4.90 Å². The lowest BCUT2D eigenvalue weighted by atomic mass is 9.81. The zero-order chi connectivity index (χ0) is 20.7. The third-order valence-corrected chi connectivity index (χ3v) is 6.26. The summed E-state index contributed by atoms with van der Waals surface area (Å²) in [6, 6.07) is 5.98. The minimum absolute atomic E-state index is 0.231. The SMILES string of the molecule is NC(CCCCB(O)O)(CCCN1CCCC1c1ccc(Cl)c(Cl)c1)C(=O)O. The Morgan fingerprint density at radius 2 is 1.93 bits per heavy atom. The molecule has 1 aromatic carbocycles. The fourth-order valence-electron chi connectivity index (χ4n) is 3.89. The molecule has 1 aliphatic heterocycles. The third-order valence-electron chi connectivity index (χ3n) is 5.52. The smallest absolute Gasteiger partial charge is 0.451 e. The van der Waals surface area contributed by atoms with Crippen molar-refractivity contribution in [2.45, 2.75) is 62.8 Å². The molecule has 28 heavy (non-hydrogen) atoms. The number of rotatable bonds is 11. The van der Waals surface area contributed by atoms with Crippen molar-refractivity contribution in [2.24, 2.45) is 5.73 Å². The first-order valence-corrected chi connectivity index (χ1v) is 10.6. The summed E-state index contributed by atoms with van der Waals surface area (Å²) in [5.74, 6) is -1.00. The summed E-state index contributed by atoms with van der Waals surface area (Å²) < 4.78 is 0. The van der Waals surface area contributed by atoms with E-state index in [-0.39, 0.29) is 12.4 Å². The molecule has 0 radical (unpaired) electrons. The van der Waals surface area contributed by atoms with Gasteiger partial charge in [-0.05, 0) is 69.2 Å². The van der Waals surface area contributed by atoms with Gasteiger partial charge in [-0.3, -0.25) is 9.69 Å². The molecule has 0 spiro atoms. The Morgan fingerprint density at radius 1 is 1.21 bits per heavy atom. The lowest BCUT2D eigenvalue weighted by molar-refractivity contribution is -0.144. The van der Waals surface area contributed by atoms with Crippen LogP contribution >= 0.6 is 23.2 Å². The van der Waals surface area contributed by atoms with Crippen molar-refractivity contribution in [3.05, 3.63) is 33.8 Å². The molecule has 0 saturated carbocycles. The van der Waals surface area contributed by atoms with Crippen LogP contribution in [0.2, 0.25) is 16.4 Å². The van der Waals surface area contributed by atoms with Crippen LogP contribution in [0.15, 0.2) is 18.2 Å². The van der Waals surface area contributed by atoms with Crippen LogP contribution in [0.4, 0.5) is 0 Å². The van der Waals surface area contributed by atoms with Gasteiger partial charge >= 0.3 is 13.1 Å². The average molecular weight is 431 g/mol. The molecule has 2 unspecified atom stereocenters. The lowest BCUT2D eigenvalue weighted by Crippen LogP contribution is -2.48. The minimum Gasteiger partial charge on any atom is -0.480 e. The van der Waals surface area contributed by atoms with Gasteiger partial charge in [0, 0.05) is 6.04 Å². The molecule has 5 N–H and O–H groups in total. The van der Waals surface area contributed by atoms with Crippen LogP contribution in [0.25, 0.3) is 0 Å². The molecule has 2 atom stereocenters. The lowest BCUT2D eigenvalue weighted by Gasteiger charge is -2.28. The highest BCUT2D eigenvalue weighted by atomic mass is 35.5. The van der Waals surface area contributed by atoms with E-state index >= 15 is 0 Å². The Labute approximate surface area is 176 Å². The van der Waals surface area contributed by atoms with Crippen LogP contribution in [0, 0.1) is 0 Å². The van der Waals surface area contributed by atoms with Crippen LogP contribution < -0.4 is 5.73 Å². The number of unbranched alkanes of at least 4 members (excludes halogenated alkanes) is 1. The Bertz CT molecular complexity index is 665. The van der Waals surface area contributed by atoms with Gasteiger partial charge in [0.1, 0.15) is 5.54 Å². The molecule has 1 heterocycles. The Balaban J connectivity index is 1.88. The summed E-state index contributed by atoms with van der Waals surface area (Å²) in [5, 5.41) is 28.4. The standard InChI is InChI=1S/C19H29BCl2N2O4/c21-15-7-6-14(13-16(15)22)17-5-3-11-24(17)12-4-9-19(23,18(25)26)8-1-2-10-20(27)28/h6-7,13,17,27-28H,1-5,8-12,23H2,(H,25,26). The van der Waals surface area contributed by atoms with Crippen LogP contribution in [-0.4, -0.2) is 51.8 Å². The van der Waals surface area contributed by atoms with Crippen molar-refractivity contribution in [3.63, 3.8) is 0 Å². The Kier molecular flexibility index (Phi) is 9.05. The fraction of sp³-hybridized carbons (Fsp3) is 0.632. The van der Waals surface area contributed by atoms with Crippen LogP contribution in [0.5, 0.6) is 0 Å². The molecule has 6 nitrogen and oxygen atoms in total. The number of benzene rings is 1. The second-order valence-corrected chi connectivity index (χ2v) is 8.47. The van der Waals surface area contributed by atoms with E-state index in [2.05, 4.69) is 4.90 Å². The second-order valence-electron chi connectivity index (χ2n) is 7.66. The normalized spacial score (nSPS) is 19.5. The number of likely N-dealkylation sites (tertiary alicyclic amines) is 1. The van der Waals surface area contributed by atoms with E-state index < -0.39 is 18.6 Å². The highest BCUT2D eigenvalue weighted by Gasteiger charge is 2.34. The first-order chi connectivity index (χ1) is 13.2. The number of hydrogen-bond donors (Lipinski definition) is 4. The van der Waals surface area contributed by atoms with Crippen molar-refractivity contribution in [2.75, 3.05) is 13.1 Å². The van der Waals surface area contributed by atoms with Crippen LogP contribution in [0.3, 0.4) is 0 Å². The van der Waals surface area contributed by atoms with Gasteiger partial charge in [-0.25, -0.2) is 0 Å². The molecule has 0 aromatic heterocycles. The summed E-state index contributed by atoms with van der Waals surface area (Å²) in [6.07, 6.45) is 4.83. The van der Waals surface area contributed by atoms with Crippen molar-refractivity contribution < 1.29 is 19.9 Å². The van der Waals surface area contributed by atoms with Crippen molar-refractivity contribution in [1.29, 1.82) is 0 Å². The number of hydrogen-bond acceptors (Lipinski definition) is 5. The quantitative estimate of drug-likeness (QED) is 0.316. The van der Waals surface area contributed by atoms with Gasteiger partial charge < -0.3 is 20.9 Å². The van der Waals surface area contributed by atoms with E-state index in [0.717, 1.165) is 31.5 Å². The van der Waals surface area contributed by atoms with E-state index in [1.165, 1.54) is 0 Å². The molecule has 0 aliphatic carbocycles. The molecule has 1 aromatic rings. The molecule has 0 bridgehead atoms. The molecule has 9 heteroatoms. The van der Waals surface area contributed by atoms with Crippen LogP contribution in [0.1, 0.15) is 56.6 Å². The predicted molar refractivity (Wildman–Crippen MR) is 113 cm³/mol. The van der Waals surface area contributed by atoms with Gasteiger partial charge in [-0.15, -0.1) is 0 Å². The van der Waals surface area contributed by atoms with Gasteiger partial charge in [-0.1, -0.05) is 42.1 Å². The number of nitrogens with zero attached hydrogens (tertiary/aromatic N) is 1.